The van der Waals surface area contributed by atoms with E-state index in [9.17, 15) is 9.18 Å². The molecule has 140 valence electrons. The van der Waals surface area contributed by atoms with Crippen LogP contribution < -0.4 is 5.69 Å². The van der Waals surface area contributed by atoms with E-state index in [1.54, 1.807) is 18.2 Å². The second-order valence-electron chi connectivity index (χ2n) is 6.51. The van der Waals surface area contributed by atoms with Gasteiger partial charge in [-0.25, -0.2) is 13.9 Å². The van der Waals surface area contributed by atoms with Crippen LogP contribution in [0.5, 0.6) is 0 Å². The Hall–Kier alpha value is -4.13. The average molecular weight is 383 g/mol. The molecule has 0 amide bonds. The van der Waals surface area contributed by atoms with Crippen LogP contribution in [0.4, 0.5) is 4.39 Å². The molecule has 29 heavy (non-hydrogen) atoms. The third kappa shape index (κ3) is 3.08. The van der Waals surface area contributed by atoms with Gasteiger partial charge in [-0.15, -0.1) is 5.10 Å². The normalized spacial score (nSPS) is 11.1. The molecule has 0 spiro atoms. The fourth-order valence-corrected chi connectivity index (χ4v) is 3.26. The first kappa shape index (κ1) is 17.0. The smallest absolute Gasteiger partial charge is 0.305 e. The molecule has 5 aromatic rings. The maximum absolute atomic E-state index is 14.6. The number of nitrogens with one attached hydrogen (secondary N) is 1. The summed E-state index contributed by atoms with van der Waals surface area (Å²) >= 11 is 0. The zero-order valence-corrected chi connectivity index (χ0v) is 15.1. The van der Waals surface area contributed by atoms with Crippen LogP contribution in [-0.2, 0) is 0 Å². The molecule has 6 nitrogen and oxygen atoms in total. The summed E-state index contributed by atoms with van der Waals surface area (Å²) in [4.78, 5) is 19.0. The van der Waals surface area contributed by atoms with Crippen molar-refractivity contribution in [2.24, 2.45) is 0 Å². The lowest BCUT2D eigenvalue weighted by Gasteiger charge is -2.08. The molecular formula is C22H14FN5O. The molecule has 5 rings (SSSR count). The molecular weight excluding hydrogens is 369 g/mol. The number of hydrogen-bond acceptors (Lipinski definition) is 4. The van der Waals surface area contributed by atoms with Gasteiger partial charge >= 0.3 is 5.69 Å². The molecule has 0 saturated carbocycles. The van der Waals surface area contributed by atoms with Crippen molar-refractivity contribution in [1.82, 2.24) is 25.0 Å². The van der Waals surface area contributed by atoms with Gasteiger partial charge in [-0.1, -0.05) is 47.7 Å². The highest BCUT2D eigenvalue weighted by Crippen LogP contribution is 2.26. The van der Waals surface area contributed by atoms with Crippen molar-refractivity contribution in [1.29, 1.82) is 0 Å². The summed E-state index contributed by atoms with van der Waals surface area (Å²) in [5.74, 6) is -0.447. The Labute approximate surface area is 164 Å². The van der Waals surface area contributed by atoms with Crippen molar-refractivity contribution < 1.29 is 4.39 Å². The van der Waals surface area contributed by atoms with Crippen LogP contribution in [-0.4, -0.2) is 25.0 Å². The standard InChI is InChI=1S/C22H14FN5O/c23-16-11-10-15(12-21(16)28-20-9-5-4-8-17(20)26-27-28)19-13-18(24-22(29)25-19)14-6-2-1-3-7-14/h1-13H,(H,24,25,29). The molecule has 0 saturated heterocycles. The number of H-pyrrole nitrogens is 1. The molecule has 1 N–H and O–H groups in total. The quantitative estimate of drug-likeness (QED) is 0.511. The van der Waals surface area contributed by atoms with Gasteiger partial charge in [-0.2, -0.15) is 4.98 Å². The van der Waals surface area contributed by atoms with E-state index in [4.69, 9.17) is 0 Å². The van der Waals surface area contributed by atoms with E-state index in [0.29, 0.717) is 28.0 Å². The average Bonchev–Trinajstić information content (AvgIpc) is 3.18. The summed E-state index contributed by atoms with van der Waals surface area (Å²) in [5.41, 5.74) is 3.65. The zero-order valence-electron chi connectivity index (χ0n) is 15.1. The van der Waals surface area contributed by atoms with Crippen molar-refractivity contribution >= 4 is 11.0 Å². The van der Waals surface area contributed by atoms with E-state index in [2.05, 4.69) is 20.3 Å². The first-order valence-corrected chi connectivity index (χ1v) is 8.96. The fourth-order valence-electron chi connectivity index (χ4n) is 3.26. The number of rotatable bonds is 3. The lowest BCUT2D eigenvalue weighted by atomic mass is 10.1. The Morgan fingerprint density at radius 3 is 2.52 bits per heavy atom. The molecule has 2 heterocycles. The predicted molar refractivity (Wildman–Crippen MR) is 108 cm³/mol. The molecule has 3 aromatic carbocycles. The number of aromatic amines is 1. The molecule has 0 fully saturated rings. The van der Waals surface area contributed by atoms with Gasteiger partial charge in [-0.05, 0) is 42.0 Å². The third-order valence-corrected chi connectivity index (χ3v) is 4.65. The van der Waals surface area contributed by atoms with Gasteiger partial charge in [0.25, 0.3) is 0 Å². The summed E-state index contributed by atoms with van der Waals surface area (Å²) in [7, 11) is 0. The molecule has 0 unspecified atom stereocenters. The maximum atomic E-state index is 14.6. The number of fused-ring (bicyclic) bond motifs is 1. The van der Waals surface area contributed by atoms with Crippen LogP contribution in [0.2, 0.25) is 0 Å². The molecule has 0 aliphatic rings. The minimum atomic E-state index is -0.474. The number of aromatic nitrogens is 5. The lowest BCUT2D eigenvalue weighted by Crippen LogP contribution is -2.12. The Morgan fingerprint density at radius 1 is 0.862 bits per heavy atom. The number of hydrogen-bond donors (Lipinski definition) is 1. The summed E-state index contributed by atoms with van der Waals surface area (Å²) < 4.78 is 16.1. The van der Waals surface area contributed by atoms with Crippen LogP contribution in [0.25, 0.3) is 39.2 Å². The summed E-state index contributed by atoms with van der Waals surface area (Å²) in [6.45, 7) is 0. The Kier molecular flexibility index (Phi) is 3.98. The number of para-hydroxylation sites is 1. The van der Waals surface area contributed by atoms with E-state index in [1.165, 1.54) is 10.7 Å². The van der Waals surface area contributed by atoms with Gasteiger partial charge in [0.1, 0.15) is 17.0 Å². The predicted octanol–water partition coefficient (Wildman–Crippen LogP) is 3.98. The van der Waals surface area contributed by atoms with Crippen LogP contribution in [0.3, 0.4) is 0 Å². The summed E-state index contributed by atoms with van der Waals surface area (Å²) in [5, 5.41) is 8.16. The van der Waals surface area contributed by atoms with Crippen molar-refractivity contribution in [3.05, 3.63) is 95.2 Å². The topological polar surface area (TPSA) is 76.5 Å². The van der Waals surface area contributed by atoms with Gasteiger partial charge in [0.2, 0.25) is 0 Å². The Morgan fingerprint density at radius 2 is 1.66 bits per heavy atom. The van der Waals surface area contributed by atoms with Gasteiger partial charge in [0.05, 0.1) is 16.9 Å². The summed E-state index contributed by atoms with van der Waals surface area (Å²) in [6, 6.07) is 23.1. The van der Waals surface area contributed by atoms with Crippen molar-refractivity contribution in [2.45, 2.75) is 0 Å². The molecule has 0 aliphatic heterocycles. The van der Waals surface area contributed by atoms with Crippen molar-refractivity contribution in [2.75, 3.05) is 0 Å². The highest BCUT2D eigenvalue weighted by Gasteiger charge is 2.13. The Bertz CT molecular complexity index is 1390. The highest BCUT2D eigenvalue weighted by atomic mass is 19.1. The first-order chi connectivity index (χ1) is 14.2. The molecule has 7 heteroatoms. The Balaban J connectivity index is 1.66. The highest BCUT2D eigenvalue weighted by molar-refractivity contribution is 5.77. The van der Waals surface area contributed by atoms with E-state index >= 15 is 0 Å². The van der Waals surface area contributed by atoms with Gasteiger partial charge in [0.15, 0.2) is 0 Å². The van der Waals surface area contributed by atoms with Crippen LogP contribution in [0.15, 0.2) is 83.7 Å². The molecule has 0 bridgehead atoms. The second kappa shape index (κ2) is 6.79. The van der Waals surface area contributed by atoms with E-state index < -0.39 is 11.5 Å². The van der Waals surface area contributed by atoms with Gasteiger partial charge in [-0.3, -0.25) is 0 Å². The largest absolute Gasteiger partial charge is 0.345 e. The summed E-state index contributed by atoms with van der Waals surface area (Å²) in [6.07, 6.45) is 0. The van der Waals surface area contributed by atoms with E-state index in [1.807, 2.05) is 54.6 Å². The molecule has 0 radical (unpaired) electrons. The monoisotopic (exact) mass is 383 g/mol. The van der Waals surface area contributed by atoms with E-state index in [0.717, 1.165) is 5.56 Å². The van der Waals surface area contributed by atoms with Gasteiger partial charge in [0, 0.05) is 5.56 Å². The zero-order chi connectivity index (χ0) is 19.8. The van der Waals surface area contributed by atoms with Crippen molar-refractivity contribution in [3.63, 3.8) is 0 Å². The minimum Gasteiger partial charge on any atom is -0.305 e. The van der Waals surface area contributed by atoms with E-state index in [-0.39, 0.29) is 5.69 Å². The molecule has 2 aromatic heterocycles. The number of benzene rings is 3. The van der Waals surface area contributed by atoms with Crippen LogP contribution in [0, 0.1) is 5.82 Å². The maximum Gasteiger partial charge on any atom is 0.345 e. The first-order valence-electron chi connectivity index (χ1n) is 8.96. The van der Waals surface area contributed by atoms with Crippen LogP contribution in [0.1, 0.15) is 0 Å². The van der Waals surface area contributed by atoms with Gasteiger partial charge < -0.3 is 4.98 Å². The number of halogens is 1. The lowest BCUT2D eigenvalue weighted by molar-refractivity contribution is 0.610. The van der Waals surface area contributed by atoms with Crippen LogP contribution >= 0.6 is 0 Å². The number of nitrogens with zero attached hydrogens (tertiary/aromatic N) is 4. The fraction of sp³-hybridized carbons (Fsp3) is 0. The third-order valence-electron chi connectivity index (χ3n) is 4.65. The molecule has 0 atom stereocenters. The minimum absolute atomic E-state index is 0.236. The van der Waals surface area contributed by atoms with Crippen molar-refractivity contribution in [3.8, 4) is 28.2 Å². The molecule has 0 aliphatic carbocycles. The second-order valence-corrected chi connectivity index (χ2v) is 6.51. The SMILES string of the molecule is O=c1nc(-c2ccc(F)c(-n3nnc4ccccc43)c2)cc(-c2ccccc2)[nH]1.